The fourth-order valence-corrected chi connectivity index (χ4v) is 8.04. The first kappa shape index (κ1) is 25.1. The van der Waals surface area contributed by atoms with Gasteiger partial charge >= 0.3 is 0 Å². The summed E-state index contributed by atoms with van der Waals surface area (Å²) in [6, 6.07) is 7.52. The minimum absolute atomic E-state index is 0.0579. The number of rotatable bonds is 7. The van der Waals surface area contributed by atoms with Crippen LogP contribution in [0.5, 0.6) is 11.5 Å². The first-order valence-corrected chi connectivity index (χ1v) is 13.4. The molecule has 0 radical (unpaired) electrons. The molecule has 7 unspecified atom stereocenters. The maximum absolute atomic E-state index is 13.3. The fraction of sp³-hybridized carbons (Fsp3) is 0.600. The predicted molar refractivity (Wildman–Crippen MR) is 138 cm³/mol. The molecule has 4 aliphatic carbocycles. The van der Waals surface area contributed by atoms with Crippen molar-refractivity contribution in [3.05, 3.63) is 48.1 Å². The molecule has 5 rings (SSSR count). The maximum atomic E-state index is 13.3. The van der Waals surface area contributed by atoms with Gasteiger partial charge in [-0.05, 0) is 80.1 Å². The van der Waals surface area contributed by atoms with E-state index in [2.05, 4.69) is 19.2 Å². The van der Waals surface area contributed by atoms with Crippen LogP contribution in [-0.4, -0.2) is 43.2 Å². The summed E-state index contributed by atoms with van der Waals surface area (Å²) in [5.74, 6) is 2.50. The number of ether oxygens (including phenoxy) is 2. The van der Waals surface area contributed by atoms with Crippen LogP contribution in [0.3, 0.4) is 0 Å². The monoisotopic (exact) mass is 493 g/mol. The number of carbonyl (C=O) groups is 2. The molecule has 1 aromatic rings. The molecule has 0 heterocycles. The highest BCUT2D eigenvalue weighted by Gasteiger charge is 2.62. The molecule has 6 heteroatoms. The summed E-state index contributed by atoms with van der Waals surface area (Å²) in [7, 11) is 1.63. The molecule has 0 spiro atoms. The third-order valence-corrected chi connectivity index (χ3v) is 9.74. The van der Waals surface area contributed by atoms with Crippen molar-refractivity contribution in [2.45, 2.75) is 58.5 Å². The zero-order valence-electron chi connectivity index (χ0n) is 21.7. The number of hydrogen-bond donors (Lipinski definition) is 2. The first-order valence-electron chi connectivity index (χ1n) is 13.4. The van der Waals surface area contributed by atoms with Crippen molar-refractivity contribution in [2.24, 2.45) is 34.5 Å². The smallest absolute Gasteiger partial charge is 0.223 e. The van der Waals surface area contributed by atoms with Gasteiger partial charge < -0.3 is 19.9 Å². The number of carbonyl (C=O) groups excluding carboxylic acids is 2. The lowest BCUT2D eigenvalue weighted by Gasteiger charge is -2.58. The number of methoxy groups -OCH3 is 1. The van der Waals surface area contributed by atoms with Crippen molar-refractivity contribution in [3.8, 4) is 11.5 Å². The predicted octanol–water partition coefficient (Wildman–Crippen LogP) is 4.48. The summed E-state index contributed by atoms with van der Waals surface area (Å²) in [5, 5.41) is 14.6. The molecule has 1 aromatic carbocycles. The Morgan fingerprint density at radius 2 is 2.00 bits per heavy atom. The Hall–Kier alpha value is -2.60. The van der Waals surface area contributed by atoms with Gasteiger partial charge in [-0.1, -0.05) is 31.6 Å². The maximum Gasteiger partial charge on any atom is 0.223 e. The van der Waals surface area contributed by atoms with E-state index in [1.54, 1.807) is 19.3 Å². The minimum Gasteiger partial charge on any atom is -0.497 e. The lowest BCUT2D eigenvalue weighted by Crippen LogP contribution is -2.57. The number of ketones is 1. The van der Waals surface area contributed by atoms with E-state index in [0.717, 1.165) is 43.6 Å². The van der Waals surface area contributed by atoms with E-state index in [0.29, 0.717) is 31.4 Å². The number of allylic oxidation sites excluding steroid dienone is 4. The molecule has 0 aromatic heterocycles. The average Bonchev–Trinajstić information content (AvgIpc) is 3.20. The van der Waals surface area contributed by atoms with Gasteiger partial charge in [0, 0.05) is 29.9 Å². The molecule has 4 aliphatic rings. The Labute approximate surface area is 214 Å². The number of amides is 1. The van der Waals surface area contributed by atoms with E-state index >= 15 is 0 Å². The van der Waals surface area contributed by atoms with Gasteiger partial charge in [0.15, 0.2) is 5.78 Å². The highest BCUT2D eigenvalue weighted by Crippen LogP contribution is 2.65. The van der Waals surface area contributed by atoms with Crippen LogP contribution in [-0.2, 0) is 9.59 Å². The van der Waals surface area contributed by atoms with E-state index in [1.165, 1.54) is 5.57 Å². The summed E-state index contributed by atoms with van der Waals surface area (Å²) in [6.07, 6.45) is 10.2. The van der Waals surface area contributed by atoms with Crippen molar-refractivity contribution < 1.29 is 24.2 Å². The van der Waals surface area contributed by atoms with Crippen molar-refractivity contribution in [1.82, 2.24) is 5.32 Å². The Bertz CT molecular complexity index is 1080. The topological polar surface area (TPSA) is 84.9 Å². The van der Waals surface area contributed by atoms with Crippen LogP contribution < -0.4 is 14.8 Å². The third kappa shape index (κ3) is 4.27. The fourth-order valence-electron chi connectivity index (χ4n) is 8.04. The standard InChI is InChI=1S/C30H39NO5/c1-29-13-12-20(32)16-19(29)8-9-23-24-10-11-25(30(24,2)18-26(33)27(23)29)28(34)31-14-5-15-36-22-7-4-6-21(17-22)35-3/h4,6-7,12-13,16-17,23-27,33H,5,8-11,14-15,18H2,1-3H3,(H,31,34). The Kier molecular flexibility index (Phi) is 6.75. The van der Waals surface area contributed by atoms with E-state index < -0.39 is 6.10 Å². The van der Waals surface area contributed by atoms with Crippen LogP contribution in [0.1, 0.15) is 52.4 Å². The first-order chi connectivity index (χ1) is 17.3. The zero-order valence-corrected chi connectivity index (χ0v) is 21.7. The van der Waals surface area contributed by atoms with Crippen LogP contribution in [0.15, 0.2) is 48.1 Å². The third-order valence-electron chi connectivity index (χ3n) is 9.74. The molecule has 1 amide bonds. The van der Waals surface area contributed by atoms with E-state index in [9.17, 15) is 14.7 Å². The van der Waals surface area contributed by atoms with Gasteiger partial charge in [-0.2, -0.15) is 0 Å². The molecule has 3 fully saturated rings. The number of aliphatic hydroxyl groups excluding tert-OH is 1. The van der Waals surface area contributed by atoms with Crippen molar-refractivity contribution in [2.75, 3.05) is 20.3 Å². The Morgan fingerprint density at radius 1 is 1.19 bits per heavy atom. The second-order valence-electron chi connectivity index (χ2n) is 11.6. The summed E-state index contributed by atoms with van der Waals surface area (Å²) >= 11 is 0. The van der Waals surface area contributed by atoms with Crippen LogP contribution in [0.2, 0.25) is 0 Å². The summed E-state index contributed by atoms with van der Waals surface area (Å²) in [6.45, 7) is 5.51. The number of benzene rings is 1. The van der Waals surface area contributed by atoms with Crippen molar-refractivity contribution in [1.29, 1.82) is 0 Å². The van der Waals surface area contributed by atoms with Gasteiger partial charge in [0.2, 0.25) is 5.91 Å². The van der Waals surface area contributed by atoms with Crippen LogP contribution in [0.4, 0.5) is 0 Å². The summed E-state index contributed by atoms with van der Waals surface area (Å²) < 4.78 is 11.0. The molecule has 3 saturated carbocycles. The minimum atomic E-state index is -0.479. The quantitative estimate of drug-likeness (QED) is 0.548. The zero-order chi connectivity index (χ0) is 25.5. The van der Waals surface area contributed by atoms with Gasteiger partial charge in [-0.3, -0.25) is 9.59 Å². The van der Waals surface area contributed by atoms with Gasteiger partial charge in [-0.25, -0.2) is 0 Å². The molecule has 0 bridgehead atoms. The highest BCUT2D eigenvalue weighted by atomic mass is 16.5. The molecular weight excluding hydrogens is 454 g/mol. The van der Waals surface area contributed by atoms with E-state index in [-0.39, 0.29) is 34.4 Å². The second-order valence-corrected chi connectivity index (χ2v) is 11.6. The van der Waals surface area contributed by atoms with Gasteiger partial charge in [0.1, 0.15) is 11.5 Å². The highest BCUT2D eigenvalue weighted by molar-refractivity contribution is 6.01. The van der Waals surface area contributed by atoms with Gasteiger partial charge in [0.05, 0.1) is 19.8 Å². The normalized spacial score (nSPS) is 36.8. The number of nitrogens with one attached hydrogen (secondary N) is 1. The van der Waals surface area contributed by atoms with E-state index in [4.69, 9.17) is 9.47 Å². The molecule has 194 valence electrons. The van der Waals surface area contributed by atoms with Crippen molar-refractivity contribution >= 4 is 11.7 Å². The number of hydrogen-bond acceptors (Lipinski definition) is 5. The number of aliphatic hydroxyl groups is 1. The molecule has 7 atom stereocenters. The molecular formula is C30H39NO5. The summed E-state index contributed by atoms with van der Waals surface area (Å²) in [5.41, 5.74) is 0.705. The lowest BCUT2D eigenvalue weighted by atomic mass is 9.47. The Morgan fingerprint density at radius 3 is 2.81 bits per heavy atom. The van der Waals surface area contributed by atoms with Gasteiger partial charge in [-0.15, -0.1) is 0 Å². The molecule has 2 N–H and O–H groups in total. The average molecular weight is 494 g/mol. The van der Waals surface area contributed by atoms with Crippen molar-refractivity contribution in [3.63, 3.8) is 0 Å². The van der Waals surface area contributed by atoms with Gasteiger partial charge in [0.25, 0.3) is 0 Å². The molecule has 36 heavy (non-hydrogen) atoms. The Balaban J connectivity index is 1.19. The SMILES string of the molecule is COc1cccc(OCCCNC(=O)C2CCC3C4CCC5=CC(=O)C=CC5(C)C4C(O)CC23C)c1. The van der Waals surface area contributed by atoms with E-state index in [1.807, 2.05) is 30.3 Å². The molecule has 0 aliphatic heterocycles. The molecule has 0 saturated heterocycles. The second kappa shape index (κ2) is 9.70. The number of fused-ring (bicyclic) bond motifs is 5. The largest absolute Gasteiger partial charge is 0.497 e. The van der Waals surface area contributed by atoms with Crippen LogP contribution in [0.25, 0.3) is 0 Å². The molecule has 6 nitrogen and oxygen atoms in total. The lowest BCUT2D eigenvalue weighted by molar-refractivity contribution is -0.140. The summed E-state index contributed by atoms with van der Waals surface area (Å²) in [4.78, 5) is 25.3. The van der Waals surface area contributed by atoms with Crippen LogP contribution in [0, 0.1) is 34.5 Å². The van der Waals surface area contributed by atoms with Crippen LogP contribution >= 0.6 is 0 Å².